The number of nitrogen functional groups attached to an aromatic ring is 1. The van der Waals surface area contributed by atoms with Crippen LogP contribution in [-0.2, 0) is 0 Å². The number of nitrogens with one attached hydrogen (secondary N) is 1. The van der Waals surface area contributed by atoms with Gasteiger partial charge in [-0.2, -0.15) is 4.98 Å². The molecule has 0 spiro atoms. The van der Waals surface area contributed by atoms with Crippen LogP contribution in [0.5, 0.6) is 11.6 Å². The van der Waals surface area contributed by atoms with Crippen LogP contribution in [0.4, 0.5) is 5.82 Å². The average Bonchev–Trinajstić information content (AvgIpc) is 2.91. The Labute approximate surface area is 127 Å². The highest BCUT2D eigenvalue weighted by Crippen LogP contribution is 2.33. The number of rotatable bonds is 3. The second kappa shape index (κ2) is 5.28. The number of anilines is 1. The van der Waals surface area contributed by atoms with E-state index in [-0.39, 0.29) is 0 Å². The van der Waals surface area contributed by atoms with Crippen molar-refractivity contribution in [3.8, 4) is 11.6 Å². The van der Waals surface area contributed by atoms with E-state index in [2.05, 4.69) is 31.3 Å². The molecular weight excluding hydrogens is 346 g/mol. The van der Waals surface area contributed by atoms with Gasteiger partial charge in [0, 0.05) is 16.9 Å². The minimum atomic E-state index is 0.311. The van der Waals surface area contributed by atoms with E-state index in [4.69, 9.17) is 22.2 Å². The van der Waals surface area contributed by atoms with Crippen molar-refractivity contribution < 1.29 is 4.74 Å². The molecule has 0 saturated heterocycles. The van der Waals surface area contributed by atoms with Gasteiger partial charge in [-0.15, -0.1) is 0 Å². The monoisotopic (exact) mass is 353 g/mol. The fraction of sp³-hybridized carbons (Fsp3) is 0. The molecule has 0 fully saturated rings. The molecule has 102 valence electrons. The van der Waals surface area contributed by atoms with E-state index < -0.39 is 0 Å². The maximum absolute atomic E-state index is 6.10. The number of benzene rings is 1. The van der Waals surface area contributed by atoms with Crippen LogP contribution in [0.2, 0.25) is 5.02 Å². The summed E-state index contributed by atoms with van der Waals surface area (Å²) in [6.45, 7) is 0. The van der Waals surface area contributed by atoms with E-state index in [0.29, 0.717) is 28.1 Å². The van der Waals surface area contributed by atoms with Gasteiger partial charge in [-0.25, -0.2) is 10.8 Å². The maximum Gasteiger partial charge on any atom is 0.265 e. The van der Waals surface area contributed by atoms with E-state index in [1.165, 1.54) is 0 Å². The first-order chi connectivity index (χ1) is 9.67. The van der Waals surface area contributed by atoms with Gasteiger partial charge < -0.3 is 10.2 Å². The van der Waals surface area contributed by atoms with Crippen LogP contribution in [-0.4, -0.2) is 14.4 Å². The molecule has 0 aliphatic rings. The predicted molar refractivity (Wildman–Crippen MR) is 80.0 cm³/mol. The molecule has 0 aliphatic heterocycles. The van der Waals surface area contributed by atoms with Crippen molar-refractivity contribution in [2.24, 2.45) is 5.84 Å². The molecule has 0 atom stereocenters. The summed E-state index contributed by atoms with van der Waals surface area (Å²) in [6, 6.07) is 5.31. The van der Waals surface area contributed by atoms with Crippen molar-refractivity contribution in [2.75, 3.05) is 5.43 Å². The number of hydrogen-bond donors (Lipinski definition) is 2. The second-order valence-electron chi connectivity index (χ2n) is 3.91. The summed E-state index contributed by atoms with van der Waals surface area (Å²) < 4.78 is 8.36. The third-order valence-corrected chi connectivity index (χ3v) is 3.40. The molecule has 0 aliphatic carbocycles. The third-order valence-electron chi connectivity index (χ3n) is 2.59. The zero-order chi connectivity index (χ0) is 14.1. The highest BCUT2D eigenvalue weighted by molar-refractivity contribution is 9.10. The minimum Gasteiger partial charge on any atom is -0.434 e. The van der Waals surface area contributed by atoms with Gasteiger partial charge in [0.1, 0.15) is 5.75 Å². The Hall–Kier alpha value is -1.83. The fourth-order valence-electron chi connectivity index (χ4n) is 1.70. The minimum absolute atomic E-state index is 0.311. The van der Waals surface area contributed by atoms with Gasteiger partial charge in [-0.05, 0) is 18.2 Å². The van der Waals surface area contributed by atoms with E-state index in [9.17, 15) is 0 Å². The number of hydrazine groups is 1. The molecule has 0 amide bonds. The smallest absolute Gasteiger partial charge is 0.265 e. The Bertz CT molecular complexity index is 776. The molecule has 3 aromatic rings. The Morgan fingerprint density at radius 3 is 3.05 bits per heavy atom. The van der Waals surface area contributed by atoms with E-state index in [1.54, 1.807) is 35.1 Å². The predicted octanol–water partition coefficient (Wildman–Crippen LogP) is 3.22. The van der Waals surface area contributed by atoms with Crippen molar-refractivity contribution in [3.05, 3.63) is 46.3 Å². The van der Waals surface area contributed by atoms with E-state index in [1.807, 2.05) is 6.07 Å². The van der Waals surface area contributed by atoms with Crippen LogP contribution in [0.25, 0.3) is 5.65 Å². The fourth-order valence-corrected chi connectivity index (χ4v) is 2.20. The maximum atomic E-state index is 6.10. The quantitative estimate of drug-likeness (QED) is 0.558. The SMILES string of the molecule is NNc1cn2ccnc2c(Oc2cc(Br)ccc2Cl)n1. The Kier molecular flexibility index (Phi) is 3.47. The second-order valence-corrected chi connectivity index (χ2v) is 5.23. The average molecular weight is 355 g/mol. The number of nitrogens with zero attached hydrogens (tertiary/aromatic N) is 3. The van der Waals surface area contributed by atoms with Crippen molar-refractivity contribution in [1.82, 2.24) is 14.4 Å². The summed E-state index contributed by atoms with van der Waals surface area (Å²) in [5, 5.41) is 0.478. The number of imidazole rings is 1. The summed E-state index contributed by atoms with van der Waals surface area (Å²) in [6.07, 6.45) is 5.12. The third kappa shape index (κ3) is 2.43. The van der Waals surface area contributed by atoms with Gasteiger partial charge >= 0.3 is 0 Å². The van der Waals surface area contributed by atoms with Crippen LogP contribution >= 0.6 is 27.5 Å². The number of fused-ring (bicyclic) bond motifs is 1. The van der Waals surface area contributed by atoms with Crippen molar-refractivity contribution in [2.45, 2.75) is 0 Å². The highest BCUT2D eigenvalue weighted by Gasteiger charge is 2.12. The lowest BCUT2D eigenvalue weighted by Crippen LogP contribution is -2.10. The zero-order valence-corrected chi connectivity index (χ0v) is 12.4. The normalized spacial score (nSPS) is 10.8. The Morgan fingerprint density at radius 1 is 1.40 bits per heavy atom. The number of nitrogens with two attached hydrogens (primary N) is 1. The topological polar surface area (TPSA) is 77.5 Å². The Morgan fingerprint density at radius 2 is 2.25 bits per heavy atom. The van der Waals surface area contributed by atoms with Crippen LogP contribution in [0, 0.1) is 0 Å². The van der Waals surface area contributed by atoms with Gasteiger partial charge in [-0.3, -0.25) is 4.40 Å². The molecule has 3 rings (SSSR count). The number of aromatic nitrogens is 3. The van der Waals surface area contributed by atoms with Crippen LogP contribution in [0.1, 0.15) is 0 Å². The van der Waals surface area contributed by atoms with Gasteiger partial charge in [-0.1, -0.05) is 27.5 Å². The molecule has 1 aromatic carbocycles. The van der Waals surface area contributed by atoms with Gasteiger partial charge in [0.2, 0.25) is 5.65 Å². The van der Waals surface area contributed by atoms with Crippen molar-refractivity contribution in [3.63, 3.8) is 0 Å². The summed E-state index contributed by atoms with van der Waals surface area (Å²) in [4.78, 5) is 8.44. The lowest BCUT2D eigenvalue weighted by molar-refractivity contribution is 0.465. The molecule has 2 heterocycles. The summed E-state index contributed by atoms with van der Waals surface area (Å²) >= 11 is 9.47. The highest BCUT2D eigenvalue weighted by atomic mass is 79.9. The molecule has 0 radical (unpaired) electrons. The first kappa shape index (κ1) is 13.2. The molecule has 0 bridgehead atoms. The van der Waals surface area contributed by atoms with Gasteiger partial charge in [0.05, 0.1) is 11.2 Å². The molecular formula is C12H9BrClN5O. The Balaban J connectivity index is 2.09. The molecule has 2 aromatic heterocycles. The molecule has 0 saturated carbocycles. The van der Waals surface area contributed by atoms with E-state index >= 15 is 0 Å². The molecule has 20 heavy (non-hydrogen) atoms. The summed E-state index contributed by atoms with van der Waals surface area (Å²) in [5.41, 5.74) is 3.05. The van der Waals surface area contributed by atoms with Crippen molar-refractivity contribution in [1.29, 1.82) is 0 Å². The molecule has 6 nitrogen and oxygen atoms in total. The van der Waals surface area contributed by atoms with Crippen LogP contribution < -0.4 is 16.0 Å². The summed E-state index contributed by atoms with van der Waals surface area (Å²) in [7, 11) is 0. The summed E-state index contributed by atoms with van der Waals surface area (Å²) in [5.74, 6) is 6.64. The lowest BCUT2D eigenvalue weighted by Gasteiger charge is -2.09. The van der Waals surface area contributed by atoms with Crippen molar-refractivity contribution >= 4 is 39.0 Å². The number of hydrogen-bond acceptors (Lipinski definition) is 5. The lowest BCUT2D eigenvalue weighted by atomic mass is 10.3. The molecule has 3 N–H and O–H groups in total. The molecule has 0 unspecified atom stereocenters. The number of halogens is 2. The largest absolute Gasteiger partial charge is 0.434 e. The van der Waals surface area contributed by atoms with E-state index in [0.717, 1.165) is 4.47 Å². The molecule has 8 heteroatoms. The van der Waals surface area contributed by atoms with Crippen LogP contribution in [0.3, 0.4) is 0 Å². The van der Waals surface area contributed by atoms with Gasteiger partial charge in [0.25, 0.3) is 5.88 Å². The number of ether oxygens (including phenoxy) is 1. The van der Waals surface area contributed by atoms with Gasteiger partial charge in [0.15, 0.2) is 5.82 Å². The first-order valence-corrected chi connectivity index (χ1v) is 6.77. The first-order valence-electron chi connectivity index (χ1n) is 5.60. The standard InChI is InChI=1S/C12H9BrClN5O/c13-7-1-2-8(14)9(5-7)20-12-11-16-3-4-19(11)6-10(17-12)18-15/h1-6,18H,15H2. The van der Waals surface area contributed by atoms with Crippen LogP contribution in [0.15, 0.2) is 41.3 Å². The zero-order valence-electron chi connectivity index (χ0n) is 10.0.